The van der Waals surface area contributed by atoms with Crippen molar-refractivity contribution in [3.05, 3.63) is 42.0 Å². The Labute approximate surface area is 148 Å². The molecule has 1 atom stereocenters. The van der Waals surface area contributed by atoms with Gasteiger partial charge >= 0.3 is 0 Å². The van der Waals surface area contributed by atoms with E-state index in [1.54, 1.807) is 6.33 Å². The van der Waals surface area contributed by atoms with Gasteiger partial charge in [0.1, 0.15) is 18.7 Å². The first-order valence-corrected chi connectivity index (χ1v) is 9.31. The van der Waals surface area contributed by atoms with E-state index in [-0.39, 0.29) is 5.91 Å². The van der Waals surface area contributed by atoms with Crippen LogP contribution >= 0.6 is 15.9 Å². The molecule has 5 nitrogen and oxygen atoms in total. The van der Waals surface area contributed by atoms with E-state index in [1.165, 1.54) is 6.42 Å². The number of hydrogen-bond acceptors (Lipinski definition) is 3. The second kappa shape index (κ2) is 5.09. The molecule has 6 heteroatoms. The number of carbonyl (C=O) groups excluding carboxylic acids is 1. The maximum absolute atomic E-state index is 12.9. The Bertz CT molecular complexity index is 823. The Morgan fingerprint density at radius 3 is 2.79 bits per heavy atom. The summed E-state index contributed by atoms with van der Waals surface area (Å²) >= 11 is 3.73. The van der Waals surface area contributed by atoms with Gasteiger partial charge in [-0.1, -0.05) is 28.1 Å². The molecule has 0 N–H and O–H groups in total. The number of amides is 1. The van der Waals surface area contributed by atoms with Crippen LogP contribution in [0.1, 0.15) is 35.4 Å². The molecular formula is C18H18BrN3O2. The zero-order valence-corrected chi connectivity index (χ0v) is 14.8. The number of piperidine rings is 1. The number of aromatic nitrogens is 2. The first-order chi connectivity index (χ1) is 11.7. The molecule has 1 aromatic carbocycles. The average Bonchev–Trinajstić information content (AvgIpc) is 3.06. The van der Waals surface area contributed by atoms with Gasteiger partial charge in [0.15, 0.2) is 5.69 Å². The lowest BCUT2D eigenvalue weighted by atomic mass is 9.93. The fraction of sp³-hybridized carbons (Fsp3) is 0.444. The van der Waals surface area contributed by atoms with Crippen molar-refractivity contribution in [2.45, 2.75) is 30.7 Å². The summed E-state index contributed by atoms with van der Waals surface area (Å²) in [5, 5.41) is 0. The maximum Gasteiger partial charge on any atom is 0.274 e. The summed E-state index contributed by atoms with van der Waals surface area (Å²) in [4.78, 5) is 20.0. The summed E-state index contributed by atoms with van der Waals surface area (Å²) in [6, 6.07) is 7.85. The molecule has 3 aliphatic rings. The van der Waals surface area contributed by atoms with Crippen LogP contribution in [0.3, 0.4) is 0 Å². The van der Waals surface area contributed by atoms with E-state index < -0.39 is 0 Å². The number of hydrogen-bond donors (Lipinski definition) is 0. The third kappa shape index (κ3) is 2.05. The predicted octanol–water partition coefficient (Wildman–Crippen LogP) is 3.15. The Morgan fingerprint density at radius 2 is 2.04 bits per heavy atom. The van der Waals surface area contributed by atoms with Crippen LogP contribution in [0.5, 0.6) is 5.75 Å². The number of ether oxygens (including phenoxy) is 1. The van der Waals surface area contributed by atoms with E-state index in [4.69, 9.17) is 4.74 Å². The van der Waals surface area contributed by atoms with E-state index in [0.717, 1.165) is 43.1 Å². The van der Waals surface area contributed by atoms with Crippen LogP contribution < -0.4 is 4.74 Å². The predicted molar refractivity (Wildman–Crippen MR) is 92.8 cm³/mol. The van der Waals surface area contributed by atoms with Gasteiger partial charge in [0.25, 0.3) is 5.91 Å². The second-order valence-corrected chi connectivity index (χ2v) is 8.10. The lowest BCUT2D eigenvalue weighted by molar-refractivity contribution is 0.0671. The molecule has 1 saturated heterocycles. The van der Waals surface area contributed by atoms with Gasteiger partial charge in [0.2, 0.25) is 0 Å². The molecule has 1 aliphatic carbocycles. The first kappa shape index (κ1) is 14.5. The molecule has 1 unspecified atom stereocenters. The summed E-state index contributed by atoms with van der Waals surface area (Å²) in [5.41, 5.74) is 2.78. The highest BCUT2D eigenvalue weighted by Crippen LogP contribution is 2.58. The number of fused-ring (bicyclic) bond motifs is 3. The number of halogens is 1. The molecule has 3 heterocycles. The third-order valence-corrected chi connectivity index (χ3v) is 6.99. The zero-order valence-electron chi connectivity index (χ0n) is 13.2. The Morgan fingerprint density at radius 1 is 1.29 bits per heavy atom. The number of rotatable bonds is 1. The molecular weight excluding hydrogens is 370 g/mol. The largest absolute Gasteiger partial charge is 0.485 e. The zero-order chi connectivity index (χ0) is 16.3. The minimum atomic E-state index is 0.0355. The van der Waals surface area contributed by atoms with Crippen molar-refractivity contribution in [1.29, 1.82) is 0 Å². The van der Waals surface area contributed by atoms with Gasteiger partial charge in [0.05, 0.1) is 11.4 Å². The van der Waals surface area contributed by atoms with Crippen molar-refractivity contribution in [3.63, 3.8) is 0 Å². The summed E-state index contributed by atoms with van der Waals surface area (Å²) in [5.74, 6) is 0.867. The molecule has 24 heavy (non-hydrogen) atoms. The van der Waals surface area contributed by atoms with E-state index in [9.17, 15) is 4.79 Å². The number of benzene rings is 1. The van der Waals surface area contributed by atoms with Crippen molar-refractivity contribution >= 4 is 21.8 Å². The Balaban J connectivity index is 1.41. The molecule has 124 valence electrons. The number of likely N-dealkylation sites (tertiary alicyclic amines) is 1. The van der Waals surface area contributed by atoms with E-state index in [2.05, 4.69) is 20.9 Å². The molecule has 2 aromatic rings. The number of imidazole rings is 1. The van der Waals surface area contributed by atoms with Crippen LogP contribution in [0.2, 0.25) is 0 Å². The van der Waals surface area contributed by atoms with Crippen LogP contribution in [-0.4, -0.2) is 38.3 Å². The molecule has 1 amide bonds. The van der Waals surface area contributed by atoms with Crippen molar-refractivity contribution in [3.8, 4) is 11.4 Å². The third-order valence-electron chi connectivity index (χ3n) is 5.69. The number of para-hydroxylation sites is 2. The van der Waals surface area contributed by atoms with Crippen molar-refractivity contribution in [1.82, 2.24) is 14.5 Å². The molecule has 1 spiro atoms. The van der Waals surface area contributed by atoms with Gasteiger partial charge in [-0.2, -0.15) is 0 Å². The molecule has 1 aromatic heterocycles. The fourth-order valence-corrected chi connectivity index (χ4v) is 5.05. The van der Waals surface area contributed by atoms with Gasteiger partial charge in [-0.05, 0) is 36.8 Å². The highest BCUT2D eigenvalue weighted by atomic mass is 79.9. The average molecular weight is 388 g/mol. The quantitative estimate of drug-likeness (QED) is 0.706. The van der Waals surface area contributed by atoms with Crippen LogP contribution in [0.4, 0.5) is 0 Å². The maximum atomic E-state index is 12.9. The molecule has 0 bridgehead atoms. The first-order valence-electron chi connectivity index (χ1n) is 8.40. The summed E-state index contributed by atoms with van der Waals surface area (Å²) in [6.07, 6.45) is 5.17. The van der Waals surface area contributed by atoms with Crippen LogP contribution in [0, 0.1) is 5.41 Å². The van der Waals surface area contributed by atoms with E-state index in [1.807, 2.05) is 33.7 Å². The van der Waals surface area contributed by atoms with E-state index in [0.29, 0.717) is 22.5 Å². The minimum absolute atomic E-state index is 0.0355. The van der Waals surface area contributed by atoms with Gasteiger partial charge in [-0.15, -0.1) is 0 Å². The lowest BCUT2D eigenvalue weighted by Gasteiger charge is -2.32. The molecule has 5 rings (SSSR count). The van der Waals surface area contributed by atoms with Crippen molar-refractivity contribution in [2.24, 2.45) is 5.41 Å². The Kier molecular flexibility index (Phi) is 3.08. The monoisotopic (exact) mass is 387 g/mol. The van der Waals surface area contributed by atoms with Gasteiger partial charge < -0.3 is 9.64 Å². The van der Waals surface area contributed by atoms with Gasteiger partial charge in [0, 0.05) is 17.9 Å². The van der Waals surface area contributed by atoms with Crippen LogP contribution in [0.15, 0.2) is 30.6 Å². The highest BCUT2D eigenvalue weighted by Gasteiger charge is 2.54. The van der Waals surface area contributed by atoms with Gasteiger partial charge in [-0.3, -0.25) is 9.36 Å². The molecule has 2 fully saturated rings. The smallest absolute Gasteiger partial charge is 0.274 e. The topological polar surface area (TPSA) is 47.4 Å². The minimum Gasteiger partial charge on any atom is -0.485 e. The summed E-state index contributed by atoms with van der Waals surface area (Å²) in [7, 11) is 0. The van der Waals surface area contributed by atoms with Crippen molar-refractivity contribution < 1.29 is 9.53 Å². The SMILES string of the molecule is O=C(c1ncn2c1COc1ccccc1-2)N1CCC2(CC1)CC2Br. The number of alkyl halides is 1. The molecule has 0 radical (unpaired) electrons. The highest BCUT2D eigenvalue weighted by molar-refractivity contribution is 9.09. The van der Waals surface area contributed by atoms with Crippen molar-refractivity contribution in [2.75, 3.05) is 13.1 Å². The normalized spacial score (nSPS) is 23.4. The van der Waals surface area contributed by atoms with Crippen LogP contribution in [-0.2, 0) is 6.61 Å². The van der Waals surface area contributed by atoms with Crippen LogP contribution in [0.25, 0.3) is 5.69 Å². The lowest BCUT2D eigenvalue weighted by Crippen LogP contribution is -2.40. The number of nitrogens with zero attached hydrogens (tertiary/aromatic N) is 3. The second-order valence-electron chi connectivity index (χ2n) is 6.99. The standard InChI is InChI=1S/C18H18BrN3O2/c19-15-9-18(15)5-7-21(8-6-18)17(23)16-13-10-24-14-4-2-1-3-12(14)22(13)11-20-16/h1-4,11,15H,5-10H2. The number of carbonyl (C=O) groups is 1. The Hall–Kier alpha value is -1.82. The summed E-state index contributed by atoms with van der Waals surface area (Å²) in [6.45, 7) is 2.04. The summed E-state index contributed by atoms with van der Waals surface area (Å²) < 4.78 is 7.78. The van der Waals surface area contributed by atoms with Gasteiger partial charge in [-0.25, -0.2) is 4.98 Å². The van der Waals surface area contributed by atoms with E-state index >= 15 is 0 Å². The fourth-order valence-electron chi connectivity index (χ4n) is 3.94. The molecule has 2 aliphatic heterocycles. The molecule has 1 saturated carbocycles.